The van der Waals surface area contributed by atoms with Gasteiger partial charge >= 0.3 is 18.0 Å². The molecule has 0 saturated carbocycles. The van der Waals surface area contributed by atoms with Crippen molar-refractivity contribution in [3.05, 3.63) is 21.9 Å². The van der Waals surface area contributed by atoms with Crippen molar-refractivity contribution in [3.8, 4) is 0 Å². The number of hydrogen-bond donors (Lipinski definition) is 2. The molecule has 2 amide bonds. The van der Waals surface area contributed by atoms with Crippen molar-refractivity contribution < 1.29 is 24.2 Å². The largest absolute Gasteiger partial charge is 0.479 e. The second kappa shape index (κ2) is 5.91. The standard InChI is InChI=1S/C12H14N2O5S/c1-19-9(15)6-13-12(18)14-4-2-8-7(3-5-20-8)10(14)11(16)17/h3,5,10H,2,4,6H2,1H3,(H,13,18)(H,16,17). The van der Waals surface area contributed by atoms with Gasteiger partial charge in [-0.05, 0) is 23.4 Å². The van der Waals surface area contributed by atoms with Crippen molar-refractivity contribution in [2.24, 2.45) is 0 Å². The van der Waals surface area contributed by atoms with Crippen molar-refractivity contribution in [1.82, 2.24) is 10.2 Å². The third-order valence-electron chi connectivity index (χ3n) is 3.07. The van der Waals surface area contributed by atoms with Crippen LogP contribution in [0.15, 0.2) is 11.4 Å². The summed E-state index contributed by atoms with van der Waals surface area (Å²) in [5.74, 6) is -1.67. The van der Waals surface area contributed by atoms with E-state index in [9.17, 15) is 19.5 Å². The monoisotopic (exact) mass is 298 g/mol. The zero-order valence-electron chi connectivity index (χ0n) is 10.8. The van der Waals surface area contributed by atoms with E-state index in [1.165, 1.54) is 23.3 Å². The highest BCUT2D eigenvalue weighted by molar-refractivity contribution is 7.10. The van der Waals surface area contributed by atoms with Gasteiger partial charge in [0.2, 0.25) is 0 Å². The number of carboxylic acid groups (broad SMARTS) is 1. The average molecular weight is 298 g/mol. The predicted molar refractivity (Wildman–Crippen MR) is 70.5 cm³/mol. The third-order valence-corrected chi connectivity index (χ3v) is 4.07. The molecule has 8 heteroatoms. The van der Waals surface area contributed by atoms with Gasteiger partial charge < -0.3 is 20.1 Å². The Morgan fingerprint density at radius 2 is 2.30 bits per heavy atom. The lowest BCUT2D eigenvalue weighted by Crippen LogP contribution is -2.48. The number of fused-ring (bicyclic) bond motifs is 1. The molecule has 2 rings (SSSR count). The molecule has 1 atom stereocenters. The number of amides is 2. The fourth-order valence-corrected chi connectivity index (χ4v) is 3.03. The van der Waals surface area contributed by atoms with Crippen molar-refractivity contribution in [2.75, 3.05) is 20.2 Å². The van der Waals surface area contributed by atoms with E-state index < -0.39 is 24.0 Å². The summed E-state index contributed by atoms with van der Waals surface area (Å²) in [6.45, 7) is 0.0200. The van der Waals surface area contributed by atoms with Gasteiger partial charge in [0.15, 0.2) is 6.04 Å². The maximum absolute atomic E-state index is 12.0. The van der Waals surface area contributed by atoms with Crippen LogP contribution in [0, 0.1) is 0 Å². The van der Waals surface area contributed by atoms with E-state index in [2.05, 4.69) is 10.1 Å². The van der Waals surface area contributed by atoms with Gasteiger partial charge in [-0.15, -0.1) is 11.3 Å². The Kier molecular flexibility index (Phi) is 4.23. The molecule has 1 aliphatic rings. The Morgan fingerprint density at radius 1 is 1.55 bits per heavy atom. The smallest absolute Gasteiger partial charge is 0.331 e. The molecule has 0 aliphatic carbocycles. The molecule has 1 aliphatic heterocycles. The van der Waals surface area contributed by atoms with Crippen molar-refractivity contribution >= 4 is 29.3 Å². The summed E-state index contributed by atoms with van der Waals surface area (Å²) < 4.78 is 4.42. The van der Waals surface area contributed by atoms with Gasteiger partial charge in [-0.1, -0.05) is 0 Å². The highest BCUT2D eigenvalue weighted by Crippen LogP contribution is 2.33. The number of carbonyl (C=O) groups excluding carboxylic acids is 2. The lowest BCUT2D eigenvalue weighted by atomic mass is 10.0. The van der Waals surface area contributed by atoms with Crippen molar-refractivity contribution in [2.45, 2.75) is 12.5 Å². The van der Waals surface area contributed by atoms with Crippen LogP contribution in [0.3, 0.4) is 0 Å². The third kappa shape index (κ3) is 2.74. The lowest BCUT2D eigenvalue weighted by molar-refractivity contribution is -0.142. The van der Waals surface area contributed by atoms with Crippen LogP contribution >= 0.6 is 11.3 Å². The quantitative estimate of drug-likeness (QED) is 0.797. The van der Waals surface area contributed by atoms with Gasteiger partial charge in [0, 0.05) is 11.4 Å². The highest BCUT2D eigenvalue weighted by Gasteiger charge is 2.36. The minimum absolute atomic E-state index is 0.283. The summed E-state index contributed by atoms with van der Waals surface area (Å²) in [6, 6.07) is 0.126. The Morgan fingerprint density at radius 3 is 2.95 bits per heavy atom. The topological polar surface area (TPSA) is 95.9 Å². The van der Waals surface area contributed by atoms with Crippen LogP contribution in [0.1, 0.15) is 16.5 Å². The van der Waals surface area contributed by atoms with Crippen molar-refractivity contribution in [1.29, 1.82) is 0 Å². The number of ether oxygens (including phenoxy) is 1. The number of hydrogen-bond acceptors (Lipinski definition) is 5. The molecule has 0 aromatic carbocycles. The van der Waals surface area contributed by atoms with Gasteiger partial charge in [-0.2, -0.15) is 0 Å². The molecule has 2 N–H and O–H groups in total. The van der Waals surface area contributed by atoms with Crippen LogP contribution < -0.4 is 5.32 Å². The summed E-state index contributed by atoms with van der Waals surface area (Å²) in [4.78, 5) is 36.6. The summed E-state index contributed by atoms with van der Waals surface area (Å²) in [5.41, 5.74) is 0.641. The summed E-state index contributed by atoms with van der Waals surface area (Å²) >= 11 is 1.49. The first kappa shape index (κ1) is 14.3. The Labute approximate surface area is 119 Å². The molecule has 0 bridgehead atoms. The van der Waals surface area contributed by atoms with Gasteiger partial charge in [0.25, 0.3) is 0 Å². The minimum Gasteiger partial charge on any atom is -0.479 e. The Bertz CT molecular complexity index is 542. The first-order valence-electron chi connectivity index (χ1n) is 5.95. The first-order chi connectivity index (χ1) is 9.54. The van der Waals surface area contributed by atoms with Crippen LogP contribution in [0.4, 0.5) is 4.79 Å². The number of urea groups is 1. The second-order valence-electron chi connectivity index (χ2n) is 4.22. The molecule has 0 spiro atoms. The number of carbonyl (C=O) groups is 3. The minimum atomic E-state index is -1.09. The molecule has 108 valence electrons. The van der Waals surface area contributed by atoms with E-state index in [0.29, 0.717) is 18.5 Å². The van der Waals surface area contributed by atoms with Gasteiger partial charge in [0.05, 0.1) is 7.11 Å². The normalized spacial score (nSPS) is 17.2. The summed E-state index contributed by atoms with van der Waals surface area (Å²) in [6.07, 6.45) is 0.614. The van der Waals surface area contributed by atoms with Gasteiger partial charge in [-0.25, -0.2) is 9.59 Å². The van der Waals surface area contributed by atoms with Crippen LogP contribution in [0.5, 0.6) is 0 Å². The molecule has 1 aromatic rings. The van der Waals surface area contributed by atoms with Gasteiger partial charge in [-0.3, -0.25) is 4.79 Å². The lowest BCUT2D eigenvalue weighted by Gasteiger charge is -2.32. The van der Waals surface area contributed by atoms with Crippen LogP contribution in [-0.2, 0) is 20.7 Å². The van der Waals surface area contributed by atoms with E-state index in [-0.39, 0.29) is 6.54 Å². The Hall–Kier alpha value is -2.09. The molecular formula is C12H14N2O5S. The van der Waals surface area contributed by atoms with E-state index in [4.69, 9.17) is 0 Å². The van der Waals surface area contributed by atoms with Crippen LogP contribution in [0.25, 0.3) is 0 Å². The fourth-order valence-electron chi connectivity index (χ4n) is 2.12. The van der Waals surface area contributed by atoms with E-state index >= 15 is 0 Å². The number of methoxy groups -OCH3 is 1. The molecule has 0 fully saturated rings. The molecular weight excluding hydrogens is 284 g/mol. The Balaban J connectivity index is 2.13. The predicted octanol–water partition coefficient (Wildman–Crippen LogP) is 0.614. The highest BCUT2D eigenvalue weighted by atomic mass is 32.1. The SMILES string of the molecule is COC(=O)CNC(=O)N1CCc2sccc2C1C(=O)O. The first-order valence-corrected chi connectivity index (χ1v) is 6.83. The molecule has 1 aromatic heterocycles. The van der Waals surface area contributed by atoms with E-state index in [1.807, 2.05) is 5.38 Å². The van der Waals surface area contributed by atoms with Gasteiger partial charge in [0.1, 0.15) is 6.54 Å². The molecule has 2 heterocycles. The zero-order valence-corrected chi connectivity index (χ0v) is 11.6. The number of rotatable bonds is 3. The van der Waals surface area contributed by atoms with Crippen LogP contribution in [0.2, 0.25) is 0 Å². The van der Waals surface area contributed by atoms with Crippen LogP contribution in [-0.4, -0.2) is 48.2 Å². The number of carboxylic acids is 1. The number of aliphatic carboxylic acids is 1. The molecule has 0 saturated heterocycles. The average Bonchev–Trinajstić information content (AvgIpc) is 2.90. The molecule has 0 radical (unpaired) electrons. The summed E-state index contributed by atoms with van der Waals surface area (Å²) in [7, 11) is 1.22. The molecule has 1 unspecified atom stereocenters. The second-order valence-corrected chi connectivity index (χ2v) is 5.22. The van der Waals surface area contributed by atoms with E-state index in [0.717, 1.165) is 4.88 Å². The fraction of sp³-hybridized carbons (Fsp3) is 0.417. The summed E-state index contributed by atoms with van der Waals surface area (Å²) in [5, 5.41) is 13.5. The number of esters is 1. The number of nitrogens with one attached hydrogen (secondary N) is 1. The number of thiophene rings is 1. The van der Waals surface area contributed by atoms with Crippen molar-refractivity contribution in [3.63, 3.8) is 0 Å². The maximum Gasteiger partial charge on any atom is 0.331 e. The maximum atomic E-state index is 12.0. The molecule has 7 nitrogen and oxygen atoms in total. The number of nitrogens with zero attached hydrogens (tertiary/aromatic N) is 1. The molecule has 20 heavy (non-hydrogen) atoms. The zero-order chi connectivity index (χ0) is 14.7. The van der Waals surface area contributed by atoms with E-state index in [1.54, 1.807) is 6.07 Å².